The van der Waals surface area contributed by atoms with E-state index in [4.69, 9.17) is 0 Å². The van der Waals surface area contributed by atoms with E-state index in [9.17, 15) is 9.59 Å². The average Bonchev–Trinajstić information content (AvgIpc) is 2.90. The van der Waals surface area contributed by atoms with E-state index in [1.54, 1.807) is 10.6 Å². The molecule has 0 fully saturated rings. The minimum Gasteiger partial charge on any atom is -0.353 e. The lowest BCUT2D eigenvalue weighted by atomic mass is 10.1. The van der Waals surface area contributed by atoms with Crippen LogP contribution in [0.15, 0.2) is 22.6 Å². The van der Waals surface area contributed by atoms with Gasteiger partial charge in [0, 0.05) is 17.5 Å². The maximum Gasteiger partial charge on any atom is 0.263 e. The van der Waals surface area contributed by atoms with Gasteiger partial charge in [0.25, 0.3) is 5.56 Å². The van der Waals surface area contributed by atoms with E-state index >= 15 is 0 Å². The molecule has 1 amide bonds. The van der Waals surface area contributed by atoms with Gasteiger partial charge in [0.05, 0.1) is 11.1 Å². The lowest BCUT2D eigenvalue weighted by Gasteiger charge is -2.14. The van der Waals surface area contributed by atoms with E-state index in [1.165, 1.54) is 35.9 Å². The average molecular weight is 408 g/mol. The van der Waals surface area contributed by atoms with Crippen molar-refractivity contribution in [3.63, 3.8) is 0 Å². The van der Waals surface area contributed by atoms with Crippen LogP contribution in [0.4, 0.5) is 0 Å². The molecule has 148 valence electrons. The number of aromatic nitrogens is 2. The highest BCUT2D eigenvalue weighted by atomic mass is 32.2. The summed E-state index contributed by atoms with van der Waals surface area (Å²) in [5.41, 5.74) is 0.929. The number of nitrogens with zero attached hydrogens (tertiary/aromatic N) is 2. The van der Waals surface area contributed by atoms with Gasteiger partial charge in [0.2, 0.25) is 5.91 Å². The van der Waals surface area contributed by atoms with Crippen molar-refractivity contribution in [1.82, 2.24) is 14.9 Å². The summed E-state index contributed by atoms with van der Waals surface area (Å²) in [4.78, 5) is 31.7. The molecule has 0 radical (unpaired) electrons. The highest BCUT2D eigenvalue weighted by molar-refractivity contribution is 7.99. The van der Waals surface area contributed by atoms with Crippen LogP contribution in [0.5, 0.6) is 0 Å². The van der Waals surface area contributed by atoms with Crippen molar-refractivity contribution >= 4 is 39.2 Å². The number of allylic oxidation sites excluding steroid dienone is 1. The van der Waals surface area contributed by atoms with Crippen LogP contribution in [-0.4, -0.2) is 27.3 Å². The molecule has 0 spiro atoms. The number of hydrogen-bond donors (Lipinski definition) is 1. The molecule has 0 bridgehead atoms. The van der Waals surface area contributed by atoms with E-state index in [2.05, 4.69) is 23.8 Å². The fraction of sp³-hybridized carbons (Fsp3) is 0.550. The van der Waals surface area contributed by atoms with Crippen molar-refractivity contribution in [3.05, 3.63) is 33.4 Å². The molecule has 0 aliphatic heterocycles. The topological polar surface area (TPSA) is 64.0 Å². The zero-order valence-corrected chi connectivity index (χ0v) is 18.3. The van der Waals surface area contributed by atoms with E-state index in [-0.39, 0.29) is 23.3 Å². The summed E-state index contributed by atoms with van der Waals surface area (Å²) < 4.78 is 1.61. The number of aryl methyl sites for hydroxylation is 2. The molecule has 1 N–H and O–H groups in total. The Hall–Kier alpha value is -1.60. The standard InChI is InChI=1S/C20H29N3O2S2/c1-6-8-9-10-13(3)21-16(24)12-26-20-22-18-17(14(4)15(5)27-18)19(25)23(20)11-7-2/h7,13H,2,6,8-12H2,1,3-5H3,(H,21,24)/t13-/m1/s1. The van der Waals surface area contributed by atoms with Gasteiger partial charge < -0.3 is 5.32 Å². The predicted molar refractivity (Wildman–Crippen MR) is 116 cm³/mol. The van der Waals surface area contributed by atoms with E-state index in [0.717, 1.165) is 28.1 Å². The van der Waals surface area contributed by atoms with Gasteiger partial charge in [-0.2, -0.15) is 0 Å². The van der Waals surface area contributed by atoms with Crippen LogP contribution in [0, 0.1) is 13.8 Å². The predicted octanol–water partition coefficient (Wildman–Crippen LogP) is 4.44. The fourth-order valence-corrected chi connectivity index (χ4v) is 4.82. The van der Waals surface area contributed by atoms with Crippen LogP contribution < -0.4 is 10.9 Å². The normalized spacial score (nSPS) is 12.3. The molecule has 2 rings (SSSR count). The Morgan fingerprint density at radius 1 is 1.41 bits per heavy atom. The van der Waals surface area contributed by atoms with Crippen LogP contribution in [0.2, 0.25) is 0 Å². The molecule has 0 unspecified atom stereocenters. The third-order valence-electron chi connectivity index (χ3n) is 4.55. The van der Waals surface area contributed by atoms with Crippen molar-refractivity contribution in [1.29, 1.82) is 0 Å². The first-order chi connectivity index (χ1) is 12.9. The Kier molecular flexibility index (Phi) is 8.10. The number of thiophene rings is 1. The van der Waals surface area contributed by atoms with Gasteiger partial charge in [-0.3, -0.25) is 14.2 Å². The highest BCUT2D eigenvalue weighted by Crippen LogP contribution is 2.28. The number of rotatable bonds is 10. The van der Waals surface area contributed by atoms with Gasteiger partial charge in [-0.05, 0) is 32.8 Å². The van der Waals surface area contributed by atoms with Gasteiger partial charge in [-0.1, -0.05) is 44.0 Å². The minimum absolute atomic E-state index is 0.0259. The lowest BCUT2D eigenvalue weighted by Crippen LogP contribution is -2.34. The monoisotopic (exact) mass is 407 g/mol. The first-order valence-corrected chi connectivity index (χ1v) is 11.2. The molecule has 5 nitrogen and oxygen atoms in total. The second kappa shape index (κ2) is 10.1. The summed E-state index contributed by atoms with van der Waals surface area (Å²) in [6.07, 6.45) is 6.16. The molecule has 2 aromatic heterocycles. The van der Waals surface area contributed by atoms with Crippen LogP contribution in [0.1, 0.15) is 50.0 Å². The Labute approximate surface area is 169 Å². The van der Waals surface area contributed by atoms with Crippen molar-refractivity contribution in [2.75, 3.05) is 5.75 Å². The van der Waals surface area contributed by atoms with Gasteiger partial charge in [0.1, 0.15) is 4.83 Å². The first kappa shape index (κ1) is 21.7. The summed E-state index contributed by atoms with van der Waals surface area (Å²) in [6.45, 7) is 12.3. The second-order valence-corrected chi connectivity index (χ2v) is 8.96. The summed E-state index contributed by atoms with van der Waals surface area (Å²) in [6, 6.07) is 0.165. The molecule has 7 heteroatoms. The molecule has 27 heavy (non-hydrogen) atoms. The minimum atomic E-state index is -0.0578. The van der Waals surface area contributed by atoms with Crippen molar-refractivity contribution in [2.45, 2.75) is 71.1 Å². The van der Waals surface area contributed by atoms with Gasteiger partial charge in [0.15, 0.2) is 5.16 Å². The number of unbranched alkanes of at least 4 members (excludes halogenated alkanes) is 2. The molecule has 0 aliphatic carbocycles. The number of thioether (sulfide) groups is 1. The molecule has 1 atom stereocenters. The van der Waals surface area contributed by atoms with E-state index < -0.39 is 0 Å². The molecule has 2 aromatic rings. The highest BCUT2D eigenvalue weighted by Gasteiger charge is 2.17. The second-order valence-electron chi connectivity index (χ2n) is 6.82. The summed E-state index contributed by atoms with van der Waals surface area (Å²) in [7, 11) is 0. The van der Waals surface area contributed by atoms with Crippen LogP contribution in [0.25, 0.3) is 10.2 Å². The Balaban J connectivity index is 2.13. The molecular formula is C20H29N3O2S2. The van der Waals surface area contributed by atoms with Gasteiger partial charge >= 0.3 is 0 Å². The number of carbonyl (C=O) groups excluding carboxylic acids is 1. The quantitative estimate of drug-likeness (QED) is 0.274. The molecule has 2 heterocycles. The molecule has 0 saturated heterocycles. The third-order valence-corrected chi connectivity index (χ3v) is 6.62. The Morgan fingerprint density at radius 2 is 2.15 bits per heavy atom. The zero-order chi connectivity index (χ0) is 20.0. The van der Waals surface area contributed by atoms with Crippen molar-refractivity contribution in [3.8, 4) is 0 Å². The summed E-state index contributed by atoms with van der Waals surface area (Å²) in [5, 5.41) is 4.28. The molecule has 0 aliphatic rings. The molecular weight excluding hydrogens is 378 g/mol. The van der Waals surface area contributed by atoms with E-state index in [0.29, 0.717) is 17.1 Å². The molecule has 0 aromatic carbocycles. The number of fused-ring (bicyclic) bond motifs is 1. The summed E-state index contributed by atoms with van der Waals surface area (Å²) >= 11 is 2.83. The first-order valence-electron chi connectivity index (χ1n) is 9.42. The van der Waals surface area contributed by atoms with Crippen molar-refractivity contribution < 1.29 is 4.79 Å². The maximum absolute atomic E-state index is 12.9. The largest absolute Gasteiger partial charge is 0.353 e. The van der Waals surface area contributed by atoms with Gasteiger partial charge in [-0.25, -0.2) is 4.98 Å². The maximum atomic E-state index is 12.9. The van der Waals surface area contributed by atoms with Crippen LogP contribution >= 0.6 is 23.1 Å². The van der Waals surface area contributed by atoms with Gasteiger partial charge in [-0.15, -0.1) is 17.9 Å². The Morgan fingerprint density at radius 3 is 2.81 bits per heavy atom. The molecule has 0 saturated carbocycles. The van der Waals surface area contributed by atoms with Crippen molar-refractivity contribution in [2.24, 2.45) is 0 Å². The zero-order valence-electron chi connectivity index (χ0n) is 16.6. The number of carbonyl (C=O) groups is 1. The van der Waals surface area contributed by atoms with E-state index in [1.807, 2.05) is 20.8 Å². The number of hydrogen-bond acceptors (Lipinski definition) is 5. The van der Waals surface area contributed by atoms with Crippen LogP contribution in [-0.2, 0) is 11.3 Å². The number of amides is 1. The van der Waals surface area contributed by atoms with Crippen LogP contribution in [0.3, 0.4) is 0 Å². The summed E-state index contributed by atoms with van der Waals surface area (Å²) in [5.74, 6) is 0.221. The third kappa shape index (κ3) is 5.45. The Bertz CT molecular complexity index is 870. The SMILES string of the molecule is C=CCn1c(SCC(=O)N[C@H](C)CCCCC)nc2sc(C)c(C)c2c1=O. The number of nitrogens with one attached hydrogen (secondary N) is 1. The smallest absolute Gasteiger partial charge is 0.263 e. The fourth-order valence-electron chi connectivity index (χ4n) is 2.93. The lowest BCUT2D eigenvalue weighted by molar-refractivity contribution is -0.119.